The van der Waals surface area contributed by atoms with Crippen LogP contribution in [0.3, 0.4) is 0 Å². The Morgan fingerprint density at radius 1 is 1.10 bits per heavy atom. The van der Waals surface area contributed by atoms with Gasteiger partial charge in [0.1, 0.15) is 5.69 Å². The molecule has 2 aromatic heterocycles. The molecule has 7 heteroatoms. The number of ether oxygens (including phenoxy) is 1. The lowest BCUT2D eigenvalue weighted by atomic mass is 10.1. The van der Waals surface area contributed by atoms with Crippen LogP contribution in [0.1, 0.15) is 28.8 Å². The minimum Gasteiger partial charge on any atom is -0.377 e. The molecular formula is C24H28N4O2S. The van der Waals surface area contributed by atoms with E-state index in [1.54, 1.807) is 11.3 Å². The normalized spacial score (nSPS) is 19.7. The lowest BCUT2D eigenvalue weighted by molar-refractivity contribution is 0.0433. The molecule has 0 spiro atoms. The molecule has 6 nitrogen and oxygen atoms in total. The first kappa shape index (κ1) is 20.4. The summed E-state index contributed by atoms with van der Waals surface area (Å²) in [5.74, 6) is 0.0829. The third kappa shape index (κ3) is 4.74. The van der Waals surface area contributed by atoms with E-state index in [-0.39, 0.29) is 5.91 Å². The topological polar surface area (TPSA) is 50.6 Å². The van der Waals surface area contributed by atoms with Crippen molar-refractivity contribution in [2.75, 3.05) is 39.3 Å². The number of amides is 1. The van der Waals surface area contributed by atoms with Crippen molar-refractivity contribution in [3.05, 3.63) is 65.2 Å². The molecule has 5 rings (SSSR count). The number of hydrogen-bond donors (Lipinski definition) is 0. The molecule has 1 aromatic carbocycles. The molecule has 2 fully saturated rings. The van der Waals surface area contributed by atoms with Crippen molar-refractivity contribution in [2.24, 2.45) is 0 Å². The Hall–Kier alpha value is -2.48. The second-order valence-corrected chi connectivity index (χ2v) is 9.23. The first-order chi connectivity index (χ1) is 15.3. The summed E-state index contributed by atoms with van der Waals surface area (Å²) < 4.78 is 7.67. The third-order valence-corrected chi connectivity index (χ3v) is 6.96. The fourth-order valence-corrected chi connectivity index (χ4v) is 5.13. The van der Waals surface area contributed by atoms with Crippen molar-refractivity contribution in [3.63, 3.8) is 0 Å². The van der Waals surface area contributed by atoms with Crippen LogP contribution in [0.2, 0.25) is 0 Å². The monoisotopic (exact) mass is 436 g/mol. The van der Waals surface area contributed by atoms with Crippen molar-refractivity contribution < 1.29 is 9.53 Å². The molecule has 0 bridgehead atoms. The van der Waals surface area contributed by atoms with E-state index in [2.05, 4.69) is 17.0 Å². The maximum absolute atomic E-state index is 13.5. The van der Waals surface area contributed by atoms with Gasteiger partial charge >= 0.3 is 0 Å². The number of rotatable bonds is 6. The number of nitrogens with zero attached hydrogens (tertiary/aromatic N) is 4. The molecule has 0 N–H and O–H groups in total. The van der Waals surface area contributed by atoms with Gasteiger partial charge in [-0.1, -0.05) is 36.4 Å². The Kier molecular flexibility index (Phi) is 6.15. The molecule has 1 amide bonds. The lowest BCUT2D eigenvalue weighted by Crippen LogP contribution is -2.50. The van der Waals surface area contributed by atoms with E-state index in [1.807, 2.05) is 51.5 Å². The number of piperazine rings is 1. The lowest BCUT2D eigenvalue weighted by Gasteiger charge is -2.35. The van der Waals surface area contributed by atoms with Crippen LogP contribution in [0.4, 0.5) is 0 Å². The largest absolute Gasteiger partial charge is 0.377 e. The van der Waals surface area contributed by atoms with Gasteiger partial charge in [0.05, 0.1) is 23.1 Å². The molecule has 0 unspecified atom stereocenters. The Labute approximate surface area is 187 Å². The summed E-state index contributed by atoms with van der Waals surface area (Å²) in [7, 11) is 0. The van der Waals surface area contributed by atoms with Gasteiger partial charge in [0, 0.05) is 45.5 Å². The van der Waals surface area contributed by atoms with Gasteiger partial charge in [-0.05, 0) is 29.9 Å². The van der Waals surface area contributed by atoms with Crippen LogP contribution >= 0.6 is 11.3 Å². The third-order valence-electron chi connectivity index (χ3n) is 6.08. The summed E-state index contributed by atoms with van der Waals surface area (Å²) in [4.78, 5) is 18.9. The van der Waals surface area contributed by atoms with Gasteiger partial charge in [-0.25, -0.2) is 0 Å². The van der Waals surface area contributed by atoms with E-state index >= 15 is 0 Å². The summed E-state index contributed by atoms with van der Waals surface area (Å²) in [5.41, 5.74) is 2.66. The molecule has 0 saturated carbocycles. The van der Waals surface area contributed by atoms with Crippen molar-refractivity contribution in [2.45, 2.75) is 25.5 Å². The Balaban J connectivity index is 1.30. The van der Waals surface area contributed by atoms with Crippen LogP contribution in [-0.2, 0) is 11.3 Å². The highest BCUT2D eigenvalue weighted by atomic mass is 32.1. The average Bonchev–Trinajstić information content (AvgIpc) is 3.57. The highest BCUT2D eigenvalue weighted by Gasteiger charge is 2.28. The number of thiophene rings is 1. The summed E-state index contributed by atoms with van der Waals surface area (Å²) in [5, 5.41) is 6.83. The van der Waals surface area contributed by atoms with Crippen molar-refractivity contribution in [1.82, 2.24) is 19.6 Å². The number of benzene rings is 1. The SMILES string of the molecule is O=C(c1cn(Cc2ccccc2)nc1-c1cccs1)N1CCN(C[C@H]2CCCO2)CC1. The summed E-state index contributed by atoms with van der Waals surface area (Å²) in [6.45, 7) is 5.83. The minimum absolute atomic E-state index is 0.0829. The summed E-state index contributed by atoms with van der Waals surface area (Å²) in [6, 6.07) is 14.3. The number of aromatic nitrogens is 2. The second kappa shape index (κ2) is 9.34. The molecule has 1 atom stereocenters. The van der Waals surface area contributed by atoms with E-state index < -0.39 is 0 Å². The molecule has 2 aliphatic heterocycles. The van der Waals surface area contributed by atoms with E-state index in [0.717, 1.165) is 56.3 Å². The van der Waals surface area contributed by atoms with Gasteiger partial charge < -0.3 is 9.64 Å². The second-order valence-electron chi connectivity index (χ2n) is 8.28. The Morgan fingerprint density at radius 2 is 1.94 bits per heavy atom. The molecule has 2 saturated heterocycles. The fourth-order valence-electron chi connectivity index (χ4n) is 4.40. The molecule has 162 valence electrons. The minimum atomic E-state index is 0.0829. The molecule has 2 aliphatic rings. The van der Waals surface area contributed by atoms with Gasteiger partial charge in [-0.2, -0.15) is 5.10 Å². The first-order valence-electron chi connectivity index (χ1n) is 11.0. The molecule has 0 aliphatic carbocycles. The van der Waals surface area contributed by atoms with Crippen molar-refractivity contribution in [1.29, 1.82) is 0 Å². The van der Waals surface area contributed by atoms with E-state index in [1.165, 1.54) is 12.0 Å². The number of carbonyl (C=O) groups is 1. The molecular weight excluding hydrogens is 408 g/mol. The Bertz CT molecular complexity index is 988. The van der Waals surface area contributed by atoms with Crippen LogP contribution in [-0.4, -0.2) is 70.9 Å². The summed E-state index contributed by atoms with van der Waals surface area (Å²) >= 11 is 1.62. The first-order valence-corrected chi connectivity index (χ1v) is 11.9. The van der Waals surface area contributed by atoms with E-state index in [4.69, 9.17) is 9.84 Å². The van der Waals surface area contributed by atoms with Crippen LogP contribution < -0.4 is 0 Å². The van der Waals surface area contributed by atoms with Crippen LogP contribution in [0.15, 0.2) is 54.0 Å². The maximum atomic E-state index is 13.5. The predicted molar refractivity (Wildman–Crippen MR) is 122 cm³/mol. The number of carbonyl (C=O) groups excluding carboxylic acids is 1. The summed E-state index contributed by atoms with van der Waals surface area (Å²) in [6.07, 6.45) is 4.61. The smallest absolute Gasteiger partial charge is 0.257 e. The zero-order chi connectivity index (χ0) is 21.0. The van der Waals surface area contributed by atoms with E-state index in [0.29, 0.717) is 18.2 Å². The molecule has 4 heterocycles. The fraction of sp³-hybridized carbons (Fsp3) is 0.417. The average molecular weight is 437 g/mol. The molecule has 0 radical (unpaired) electrons. The van der Waals surface area contributed by atoms with E-state index in [9.17, 15) is 4.79 Å². The van der Waals surface area contributed by atoms with Crippen LogP contribution in [0, 0.1) is 0 Å². The highest BCUT2D eigenvalue weighted by molar-refractivity contribution is 7.13. The van der Waals surface area contributed by atoms with Gasteiger partial charge in [-0.15, -0.1) is 11.3 Å². The standard InChI is InChI=1S/C24H28N4O2S/c29-24(27-12-10-26(11-13-27)17-20-8-4-14-30-20)21-18-28(16-19-6-2-1-3-7-19)25-23(21)22-9-5-15-31-22/h1-3,5-7,9,15,18,20H,4,8,10-14,16-17H2/t20-/m1/s1. The molecule has 31 heavy (non-hydrogen) atoms. The van der Waals surface area contributed by atoms with Gasteiger partial charge in [-0.3, -0.25) is 14.4 Å². The van der Waals surface area contributed by atoms with Gasteiger partial charge in [0.15, 0.2) is 0 Å². The zero-order valence-electron chi connectivity index (χ0n) is 17.7. The van der Waals surface area contributed by atoms with Crippen LogP contribution in [0.25, 0.3) is 10.6 Å². The quantitative estimate of drug-likeness (QED) is 0.593. The highest BCUT2D eigenvalue weighted by Crippen LogP contribution is 2.28. The Morgan fingerprint density at radius 3 is 2.65 bits per heavy atom. The zero-order valence-corrected chi connectivity index (χ0v) is 18.5. The maximum Gasteiger partial charge on any atom is 0.257 e. The van der Waals surface area contributed by atoms with Gasteiger partial charge in [0.25, 0.3) is 5.91 Å². The van der Waals surface area contributed by atoms with Gasteiger partial charge in [0.2, 0.25) is 0 Å². The van der Waals surface area contributed by atoms with Crippen molar-refractivity contribution in [3.8, 4) is 10.6 Å². The number of hydrogen-bond acceptors (Lipinski definition) is 5. The molecule has 3 aromatic rings. The van der Waals surface area contributed by atoms with Crippen LogP contribution in [0.5, 0.6) is 0 Å². The predicted octanol–water partition coefficient (Wildman–Crippen LogP) is 3.60. The van der Waals surface area contributed by atoms with Crippen molar-refractivity contribution >= 4 is 17.2 Å².